The third-order valence-corrected chi connectivity index (χ3v) is 6.55. The van der Waals surface area contributed by atoms with Gasteiger partial charge in [0.05, 0.1) is 4.90 Å². The zero-order valence-electron chi connectivity index (χ0n) is 15.2. The van der Waals surface area contributed by atoms with Gasteiger partial charge >= 0.3 is 0 Å². The molecular weight excluding hydrogens is 384 g/mol. The van der Waals surface area contributed by atoms with Gasteiger partial charge < -0.3 is 4.90 Å². The lowest BCUT2D eigenvalue weighted by Gasteiger charge is -2.31. The second-order valence-corrected chi connectivity index (χ2v) is 8.91. The maximum atomic E-state index is 12.5. The number of hydrogen-bond acceptors (Lipinski definition) is 5. The van der Waals surface area contributed by atoms with Crippen molar-refractivity contribution in [2.45, 2.75) is 30.6 Å². The third-order valence-electron chi connectivity index (χ3n) is 4.84. The van der Waals surface area contributed by atoms with Gasteiger partial charge in [-0.2, -0.15) is 0 Å². The minimum absolute atomic E-state index is 0.312. The van der Waals surface area contributed by atoms with Crippen molar-refractivity contribution in [3.63, 3.8) is 0 Å². The summed E-state index contributed by atoms with van der Waals surface area (Å²) in [4.78, 5) is 11.0. The molecule has 0 radical (unpaired) electrons. The van der Waals surface area contributed by atoms with Crippen LogP contribution in [0.5, 0.6) is 0 Å². The van der Waals surface area contributed by atoms with E-state index in [-0.39, 0.29) is 0 Å². The second kappa shape index (κ2) is 9.48. The highest BCUT2D eigenvalue weighted by Gasteiger charge is 2.23. The summed E-state index contributed by atoms with van der Waals surface area (Å²) in [5, 5.41) is 0. The average molecular weight is 409 g/mol. The van der Waals surface area contributed by atoms with Crippen molar-refractivity contribution in [3.05, 3.63) is 48.3 Å². The Morgan fingerprint density at radius 3 is 2.41 bits per heavy atom. The lowest BCUT2D eigenvalue weighted by molar-refractivity contribution is 0.399. The van der Waals surface area contributed by atoms with Gasteiger partial charge in [-0.15, -0.1) is 11.6 Å². The molecule has 1 fully saturated rings. The molecule has 0 spiro atoms. The van der Waals surface area contributed by atoms with Crippen molar-refractivity contribution in [1.29, 1.82) is 0 Å². The van der Waals surface area contributed by atoms with Gasteiger partial charge in [0.25, 0.3) is 0 Å². The predicted molar refractivity (Wildman–Crippen MR) is 108 cm³/mol. The number of nitrogens with one attached hydrogen (secondary N) is 1. The summed E-state index contributed by atoms with van der Waals surface area (Å²) in [6.45, 7) is 2.14. The molecule has 0 unspecified atom stereocenters. The zero-order chi connectivity index (χ0) is 19.1. The highest BCUT2D eigenvalue weighted by Crippen LogP contribution is 2.20. The van der Waals surface area contributed by atoms with E-state index in [1.807, 2.05) is 12.1 Å². The quantitative estimate of drug-likeness (QED) is 0.680. The van der Waals surface area contributed by atoms with Crippen LogP contribution in [-0.4, -0.2) is 43.9 Å². The fraction of sp³-hybridized carbons (Fsp3) is 0.474. The molecule has 146 valence electrons. The van der Waals surface area contributed by atoms with Crippen LogP contribution in [0.1, 0.15) is 24.8 Å². The van der Waals surface area contributed by atoms with Crippen LogP contribution in [0.15, 0.2) is 47.6 Å². The monoisotopic (exact) mass is 408 g/mol. The third kappa shape index (κ3) is 5.64. The van der Waals surface area contributed by atoms with E-state index in [2.05, 4.69) is 19.6 Å². The fourth-order valence-electron chi connectivity index (χ4n) is 3.21. The fourth-order valence-corrected chi connectivity index (χ4v) is 4.46. The van der Waals surface area contributed by atoms with E-state index in [4.69, 9.17) is 11.6 Å². The van der Waals surface area contributed by atoms with Crippen LogP contribution in [0.2, 0.25) is 0 Å². The number of halogens is 1. The number of nitrogens with zero attached hydrogens (tertiary/aromatic N) is 3. The maximum absolute atomic E-state index is 12.5. The SMILES string of the molecule is O=S(=O)(NCC1CCN(c2ncccn2)CC1)c1ccc(CCCCl)cc1. The minimum atomic E-state index is -3.48. The Labute approximate surface area is 166 Å². The molecule has 27 heavy (non-hydrogen) atoms. The van der Waals surface area contributed by atoms with E-state index < -0.39 is 10.0 Å². The van der Waals surface area contributed by atoms with E-state index in [0.29, 0.717) is 23.2 Å². The van der Waals surface area contributed by atoms with Gasteiger partial charge in [-0.05, 0) is 55.4 Å². The summed E-state index contributed by atoms with van der Waals surface area (Å²) >= 11 is 5.70. The van der Waals surface area contributed by atoms with Crippen LogP contribution in [0.4, 0.5) is 5.95 Å². The lowest BCUT2D eigenvalue weighted by atomic mass is 9.97. The van der Waals surface area contributed by atoms with Crippen molar-refractivity contribution in [2.24, 2.45) is 5.92 Å². The number of sulfonamides is 1. The number of aromatic nitrogens is 2. The van der Waals surface area contributed by atoms with Crippen molar-refractivity contribution < 1.29 is 8.42 Å². The van der Waals surface area contributed by atoms with E-state index >= 15 is 0 Å². The molecular formula is C19H25ClN4O2S. The standard InChI is InChI=1S/C19H25ClN4O2S/c20-10-1-3-16-4-6-18(7-5-16)27(25,26)23-15-17-8-13-24(14-9-17)19-21-11-2-12-22-19/h2,4-7,11-12,17,23H,1,3,8-10,13-15H2. The smallest absolute Gasteiger partial charge is 0.240 e. The Bertz CT molecular complexity index is 807. The molecule has 8 heteroatoms. The van der Waals surface area contributed by atoms with E-state index in [1.165, 1.54) is 0 Å². The molecule has 2 heterocycles. The van der Waals surface area contributed by atoms with E-state index in [0.717, 1.165) is 50.3 Å². The molecule has 1 saturated heterocycles. The van der Waals surface area contributed by atoms with Crippen molar-refractivity contribution >= 4 is 27.6 Å². The van der Waals surface area contributed by atoms with Crippen LogP contribution < -0.4 is 9.62 Å². The van der Waals surface area contributed by atoms with E-state index in [9.17, 15) is 8.42 Å². The molecule has 0 bridgehead atoms. The Kier molecular flexibility index (Phi) is 7.04. The molecule has 0 amide bonds. The first-order valence-electron chi connectivity index (χ1n) is 9.25. The largest absolute Gasteiger partial charge is 0.341 e. The Hall–Kier alpha value is -1.70. The molecule has 2 aromatic rings. The van der Waals surface area contributed by atoms with Gasteiger partial charge in [0.2, 0.25) is 16.0 Å². The minimum Gasteiger partial charge on any atom is -0.341 e. The molecule has 1 aliphatic rings. The molecule has 1 aromatic heterocycles. The number of alkyl halides is 1. The molecule has 1 aromatic carbocycles. The Morgan fingerprint density at radius 2 is 1.78 bits per heavy atom. The normalized spacial score (nSPS) is 15.8. The van der Waals surface area contributed by atoms with Gasteiger partial charge in [0.1, 0.15) is 0 Å². The molecule has 1 N–H and O–H groups in total. The molecule has 0 aliphatic carbocycles. The summed E-state index contributed by atoms with van der Waals surface area (Å²) in [5.74, 6) is 1.67. The first-order valence-corrected chi connectivity index (χ1v) is 11.3. The molecule has 1 aliphatic heterocycles. The number of hydrogen-bond donors (Lipinski definition) is 1. The number of aryl methyl sites for hydroxylation is 1. The highest BCUT2D eigenvalue weighted by molar-refractivity contribution is 7.89. The average Bonchev–Trinajstić information content (AvgIpc) is 2.72. The van der Waals surface area contributed by atoms with Crippen LogP contribution >= 0.6 is 11.6 Å². The van der Waals surface area contributed by atoms with Crippen LogP contribution in [-0.2, 0) is 16.4 Å². The van der Waals surface area contributed by atoms with Gasteiger partial charge in [-0.3, -0.25) is 0 Å². The zero-order valence-corrected chi connectivity index (χ0v) is 16.8. The van der Waals surface area contributed by atoms with E-state index in [1.54, 1.807) is 30.6 Å². The van der Waals surface area contributed by atoms with Gasteiger partial charge in [-0.1, -0.05) is 12.1 Å². The van der Waals surface area contributed by atoms with Crippen molar-refractivity contribution in [3.8, 4) is 0 Å². The van der Waals surface area contributed by atoms with Crippen LogP contribution in [0.3, 0.4) is 0 Å². The van der Waals surface area contributed by atoms with Crippen LogP contribution in [0, 0.1) is 5.92 Å². The highest BCUT2D eigenvalue weighted by atomic mass is 35.5. The van der Waals surface area contributed by atoms with Gasteiger partial charge in [0, 0.05) is 37.9 Å². The number of piperidine rings is 1. The Morgan fingerprint density at radius 1 is 1.11 bits per heavy atom. The first kappa shape index (κ1) is 20.0. The molecule has 3 rings (SSSR count). The van der Waals surface area contributed by atoms with Crippen LogP contribution in [0.25, 0.3) is 0 Å². The number of rotatable bonds is 8. The molecule has 0 atom stereocenters. The Balaban J connectivity index is 1.49. The molecule has 0 saturated carbocycles. The van der Waals surface area contributed by atoms with Crippen molar-refractivity contribution in [1.82, 2.24) is 14.7 Å². The lowest BCUT2D eigenvalue weighted by Crippen LogP contribution is -2.39. The molecule has 6 nitrogen and oxygen atoms in total. The topological polar surface area (TPSA) is 75.2 Å². The van der Waals surface area contributed by atoms with Crippen molar-refractivity contribution in [2.75, 3.05) is 30.4 Å². The number of anilines is 1. The first-order chi connectivity index (χ1) is 13.1. The van der Waals surface area contributed by atoms with Gasteiger partial charge in [-0.25, -0.2) is 23.1 Å². The summed E-state index contributed by atoms with van der Waals surface area (Å²) in [6, 6.07) is 8.86. The second-order valence-electron chi connectivity index (χ2n) is 6.77. The number of benzene rings is 1. The summed E-state index contributed by atoms with van der Waals surface area (Å²) in [7, 11) is -3.48. The summed E-state index contributed by atoms with van der Waals surface area (Å²) in [6.07, 6.45) is 7.06. The maximum Gasteiger partial charge on any atom is 0.240 e. The summed E-state index contributed by atoms with van der Waals surface area (Å²) in [5.41, 5.74) is 1.10. The predicted octanol–water partition coefficient (Wildman–Crippen LogP) is 2.84. The van der Waals surface area contributed by atoms with Gasteiger partial charge in [0.15, 0.2) is 0 Å². The summed E-state index contributed by atoms with van der Waals surface area (Å²) < 4.78 is 27.8.